The van der Waals surface area contributed by atoms with Crippen LogP contribution in [-0.2, 0) is 0 Å². The average molecular weight is 415 g/mol. The fraction of sp³-hybridized carbons (Fsp3) is 0.400. The highest BCUT2D eigenvalue weighted by molar-refractivity contribution is 6.01. The van der Waals surface area contributed by atoms with Crippen molar-refractivity contribution >= 4 is 34.8 Å². The highest BCUT2D eigenvalue weighted by atomic mass is 19.1. The molecule has 3 rings (SSSR count). The Bertz CT molecular complexity index is 966. The standard InChI is InChI=1S/C20H26FN7O2/c1-10(29)12-7-11(9-25-18(12)24-2)26-19-13(17(23)30)8-14(21)20(28-19)27-16-6-4-3-5-15(16)22/h7-9,15-16H,3-6,22H2,1-2H3,(H2,23,30)(H,24,25)(H2,26,27,28)/t15-,16+/m0/s1. The first kappa shape index (κ1) is 21.4. The molecule has 2 aromatic heterocycles. The number of ketones is 1. The lowest BCUT2D eigenvalue weighted by Gasteiger charge is -2.30. The third kappa shape index (κ3) is 4.65. The van der Waals surface area contributed by atoms with Gasteiger partial charge in [0.1, 0.15) is 11.6 Å². The first-order valence-electron chi connectivity index (χ1n) is 9.78. The van der Waals surface area contributed by atoms with Crippen LogP contribution in [0.5, 0.6) is 0 Å². The normalized spacial score (nSPS) is 18.5. The summed E-state index contributed by atoms with van der Waals surface area (Å²) in [5.41, 5.74) is 12.2. The van der Waals surface area contributed by atoms with Gasteiger partial charge in [0.25, 0.3) is 5.91 Å². The van der Waals surface area contributed by atoms with E-state index >= 15 is 0 Å². The van der Waals surface area contributed by atoms with Crippen molar-refractivity contribution in [3.05, 3.63) is 35.3 Å². The first-order chi connectivity index (χ1) is 14.3. The second-order valence-corrected chi connectivity index (χ2v) is 7.33. The summed E-state index contributed by atoms with van der Waals surface area (Å²) in [5.74, 6) is -1.26. The summed E-state index contributed by atoms with van der Waals surface area (Å²) >= 11 is 0. The average Bonchev–Trinajstić information content (AvgIpc) is 2.71. The third-order valence-corrected chi connectivity index (χ3v) is 5.15. The fourth-order valence-electron chi connectivity index (χ4n) is 3.53. The zero-order valence-electron chi connectivity index (χ0n) is 17.0. The van der Waals surface area contributed by atoms with Crippen molar-refractivity contribution in [2.75, 3.05) is 23.0 Å². The van der Waals surface area contributed by atoms with Crippen molar-refractivity contribution in [2.45, 2.75) is 44.7 Å². The van der Waals surface area contributed by atoms with Gasteiger partial charge in [-0.05, 0) is 31.9 Å². The van der Waals surface area contributed by atoms with Crippen LogP contribution in [0, 0.1) is 5.82 Å². The van der Waals surface area contributed by atoms with Crippen LogP contribution in [0.1, 0.15) is 53.3 Å². The molecule has 30 heavy (non-hydrogen) atoms. The lowest BCUT2D eigenvalue weighted by Crippen LogP contribution is -2.43. The number of nitrogens with two attached hydrogens (primary N) is 2. The number of anilines is 4. The van der Waals surface area contributed by atoms with E-state index in [0.29, 0.717) is 17.1 Å². The molecule has 1 aliphatic carbocycles. The quantitative estimate of drug-likeness (QED) is 0.433. The number of rotatable bonds is 7. The van der Waals surface area contributed by atoms with Gasteiger partial charge in [-0.2, -0.15) is 0 Å². The van der Waals surface area contributed by atoms with E-state index < -0.39 is 11.7 Å². The molecule has 1 fully saturated rings. The molecule has 1 aliphatic rings. The SMILES string of the molecule is CNc1ncc(Nc2nc(N[C@@H]3CCCC[C@@H]3N)c(F)cc2C(N)=O)cc1C(C)=O. The number of primary amides is 1. The van der Waals surface area contributed by atoms with Gasteiger partial charge in [-0.25, -0.2) is 14.4 Å². The molecule has 0 radical (unpaired) electrons. The van der Waals surface area contributed by atoms with Crippen molar-refractivity contribution in [3.63, 3.8) is 0 Å². The summed E-state index contributed by atoms with van der Waals surface area (Å²) in [6, 6.07) is 2.38. The molecule has 7 N–H and O–H groups in total. The summed E-state index contributed by atoms with van der Waals surface area (Å²) in [6.07, 6.45) is 5.16. The summed E-state index contributed by atoms with van der Waals surface area (Å²) in [7, 11) is 1.66. The highest BCUT2D eigenvalue weighted by Crippen LogP contribution is 2.27. The highest BCUT2D eigenvalue weighted by Gasteiger charge is 2.24. The molecule has 0 unspecified atom stereocenters. The number of hydrogen-bond acceptors (Lipinski definition) is 8. The van der Waals surface area contributed by atoms with Crippen LogP contribution in [0.4, 0.5) is 27.5 Å². The van der Waals surface area contributed by atoms with E-state index in [9.17, 15) is 14.0 Å². The van der Waals surface area contributed by atoms with Crippen molar-refractivity contribution in [1.82, 2.24) is 9.97 Å². The predicted molar refractivity (Wildman–Crippen MR) is 114 cm³/mol. The van der Waals surface area contributed by atoms with E-state index in [4.69, 9.17) is 11.5 Å². The molecule has 0 saturated heterocycles. The minimum Gasteiger partial charge on any atom is -0.373 e. The van der Waals surface area contributed by atoms with Crippen LogP contribution in [-0.4, -0.2) is 40.8 Å². The summed E-state index contributed by atoms with van der Waals surface area (Å²) < 4.78 is 14.6. The molecule has 2 aromatic rings. The van der Waals surface area contributed by atoms with E-state index in [2.05, 4.69) is 25.9 Å². The Morgan fingerprint density at radius 2 is 1.87 bits per heavy atom. The van der Waals surface area contributed by atoms with Crippen molar-refractivity contribution in [1.29, 1.82) is 0 Å². The number of nitrogens with zero attached hydrogens (tertiary/aromatic N) is 2. The first-order valence-corrected chi connectivity index (χ1v) is 9.78. The molecular formula is C20H26FN7O2. The second-order valence-electron chi connectivity index (χ2n) is 7.33. The number of pyridine rings is 2. The van der Waals surface area contributed by atoms with Crippen LogP contribution in [0.15, 0.2) is 18.3 Å². The molecule has 2 heterocycles. The Balaban J connectivity index is 1.95. The smallest absolute Gasteiger partial charge is 0.252 e. The third-order valence-electron chi connectivity index (χ3n) is 5.15. The maximum atomic E-state index is 14.6. The monoisotopic (exact) mass is 415 g/mol. The number of halogens is 1. The van der Waals surface area contributed by atoms with Gasteiger partial charge in [-0.3, -0.25) is 9.59 Å². The van der Waals surface area contributed by atoms with Crippen molar-refractivity contribution < 1.29 is 14.0 Å². The lowest BCUT2D eigenvalue weighted by molar-refractivity contribution is 0.0996. The predicted octanol–water partition coefficient (Wildman–Crippen LogP) is 2.38. The second kappa shape index (κ2) is 9.04. The molecule has 10 heteroatoms. The minimum absolute atomic E-state index is 0.0172. The van der Waals surface area contributed by atoms with E-state index in [-0.39, 0.29) is 35.1 Å². The maximum Gasteiger partial charge on any atom is 0.252 e. The lowest BCUT2D eigenvalue weighted by atomic mass is 9.91. The number of carbonyl (C=O) groups excluding carboxylic acids is 2. The zero-order chi connectivity index (χ0) is 21.8. The number of aromatic nitrogens is 2. The van der Waals surface area contributed by atoms with Gasteiger partial charge in [0, 0.05) is 19.1 Å². The van der Waals surface area contributed by atoms with Crippen LogP contribution in [0.3, 0.4) is 0 Å². The van der Waals surface area contributed by atoms with Gasteiger partial charge in [-0.1, -0.05) is 12.8 Å². The molecule has 0 aliphatic heterocycles. The van der Waals surface area contributed by atoms with E-state index in [0.717, 1.165) is 31.7 Å². The van der Waals surface area contributed by atoms with Crippen molar-refractivity contribution in [2.24, 2.45) is 11.5 Å². The van der Waals surface area contributed by atoms with E-state index in [1.54, 1.807) is 13.1 Å². The van der Waals surface area contributed by atoms with Gasteiger partial charge in [0.2, 0.25) is 0 Å². The van der Waals surface area contributed by atoms with Crippen LogP contribution < -0.4 is 27.4 Å². The van der Waals surface area contributed by atoms with E-state index in [1.807, 2.05) is 0 Å². The molecule has 2 atom stereocenters. The Morgan fingerprint density at radius 1 is 1.13 bits per heavy atom. The molecule has 160 valence electrons. The Labute approximate surface area is 173 Å². The molecule has 0 aromatic carbocycles. The topological polar surface area (TPSA) is 148 Å². The number of nitrogens with one attached hydrogen (secondary N) is 3. The number of amides is 1. The van der Waals surface area contributed by atoms with Crippen LogP contribution in [0.2, 0.25) is 0 Å². The maximum absolute atomic E-state index is 14.6. The molecule has 0 spiro atoms. The Morgan fingerprint density at radius 3 is 2.50 bits per heavy atom. The minimum atomic E-state index is -0.837. The molecule has 1 saturated carbocycles. The molecule has 1 amide bonds. The van der Waals surface area contributed by atoms with Gasteiger partial charge in [0.05, 0.1) is 23.0 Å². The van der Waals surface area contributed by atoms with Gasteiger partial charge >= 0.3 is 0 Å². The molecular weight excluding hydrogens is 389 g/mol. The fourth-order valence-corrected chi connectivity index (χ4v) is 3.53. The van der Waals surface area contributed by atoms with Crippen LogP contribution >= 0.6 is 0 Å². The van der Waals surface area contributed by atoms with Gasteiger partial charge in [-0.15, -0.1) is 0 Å². The summed E-state index contributed by atoms with van der Waals surface area (Å²) in [6.45, 7) is 1.42. The molecule has 0 bridgehead atoms. The Hall–Kier alpha value is -3.27. The van der Waals surface area contributed by atoms with Gasteiger partial charge < -0.3 is 27.4 Å². The zero-order valence-corrected chi connectivity index (χ0v) is 17.0. The number of carbonyl (C=O) groups is 2. The van der Waals surface area contributed by atoms with Gasteiger partial charge in [0.15, 0.2) is 17.4 Å². The number of hydrogen-bond donors (Lipinski definition) is 5. The summed E-state index contributed by atoms with van der Waals surface area (Å²) in [5, 5.41) is 8.82. The largest absolute Gasteiger partial charge is 0.373 e. The summed E-state index contributed by atoms with van der Waals surface area (Å²) in [4.78, 5) is 32.2. The Kier molecular flexibility index (Phi) is 6.46. The van der Waals surface area contributed by atoms with E-state index in [1.165, 1.54) is 13.1 Å². The van der Waals surface area contributed by atoms with Crippen LogP contribution in [0.25, 0.3) is 0 Å². The number of Topliss-reactive ketones (excluding diaryl/α,β-unsaturated/α-hetero) is 1. The van der Waals surface area contributed by atoms with Crippen molar-refractivity contribution in [3.8, 4) is 0 Å². The molecule has 9 nitrogen and oxygen atoms in total.